The third kappa shape index (κ3) is 3.13. The Morgan fingerprint density at radius 3 is 2.35 bits per heavy atom. The molecule has 0 aromatic rings. The Balaban J connectivity index is 1.48. The standard InChI is InChI=1S/C15H26N6O2/c22-14-13-12(6-5-7-16-13)17-18-21(14)23-15(19-8-1-2-9-19)20-10-3-4-11-20/h12-13,15-16H,1-11H2. The van der Waals surface area contributed by atoms with Crippen LogP contribution in [0.2, 0.25) is 0 Å². The topological polar surface area (TPSA) is 72.8 Å². The zero-order chi connectivity index (χ0) is 15.6. The molecule has 2 atom stereocenters. The fraction of sp³-hybridized carbons (Fsp3) is 0.933. The number of likely N-dealkylation sites (tertiary alicyclic amines) is 2. The van der Waals surface area contributed by atoms with Crippen molar-refractivity contribution in [1.82, 2.24) is 20.3 Å². The van der Waals surface area contributed by atoms with E-state index in [2.05, 4.69) is 25.5 Å². The number of nitrogens with one attached hydrogen (secondary N) is 1. The quantitative estimate of drug-likeness (QED) is 0.826. The maximum absolute atomic E-state index is 12.7. The van der Waals surface area contributed by atoms with Gasteiger partial charge in [-0.1, -0.05) is 5.17 Å². The van der Waals surface area contributed by atoms with Gasteiger partial charge in [-0.2, -0.15) is 5.11 Å². The van der Waals surface area contributed by atoms with Crippen molar-refractivity contribution in [3.63, 3.8) is 0 Å². The molecule has 0 aromatic carbocycles. The molecule has 1 N–H and O–H groups in total. The van der Waals surface area contributed by atoms with E-state index in [-0.39, 0.29) is 24.3 Å². The van der Waals surface area contributed by atoms with E-state index < -0.39 is 0 Å². The molecule has 0 radical (unpaired) electrons. The summed E-state index contributed by atoms with van der Waals surface area (Å²) in [7, 11) is 0. The molecule has 23 heavy (non-hydrogen) atoms. The third-order valence-corrected chi connectivity index (χ3v) is 5.26. The molecule has 3 saturated heterocycles. The minimum absolute atomic E-state index is 0.0341. The number of carbonyl (C=O) groups excluding carboxylic acids is 1. The summed E-state index contributed by atoms with van der Waals surface area (Å²) in [5.74, 6) is -0.104. The number of hydrogen-bond acceptors (Lipinski definition) is 7. The van der Waals surface area contributed by atoms with Crippen molar-refractivity contribution in [3.05, 3.63) is 0 Å². The zero-order valence-electron chi connectivity index (χ0n) is 13.6. The molecule has 8 nitrogen and oxygen atoms in total. The molecule has 0 aliphatic carbocycles. The van der Waals surface area contributed by atoms with Gasteiger partial charge in [0, 0.05) is 26.2 Å². The van der Waals surface area contributed by atoms with Crippen LogP contribution in [0.3, 0.4) is 0 Å². The smallest absolute Gasteiger partial charge is 0.289 e. The Morgan fingerprint density at radius 2 is 1.70 bits per heavy atom. The number of piperidine rings is 1. The molecule has 128 valence electrons. The second kappa shape index (κ2) is 6.80. The summed E-state index contributed by atoms with van der Waals surface area (Å²) in [5, 5.41) is 12.8. The highest BCUT2D eigenvalue weighted by Gasteiger charge is 2.41. The van der Waals surface area contributed by atoms with Crippen molar-refractivity contribution in [3.8, 4) is 0 Å². The maximum Gasteiger partial charge on any atom is 0.289 e. The molecule has 2 unspecified atom stereocenters. The zero-order valence-corrected chi connectivity index (χ0v) is 13.6. The Bertz CT molecular complexity index is 445. The predicted molar refractivity (Wildman–Crippen MR) is 83.0 cm³/mol. The van der Waals surface area contributed by atoms with Crippen LogP contribution in [0.15, 0.2) is 10.3 Å². The fourth-order valence-electron chi connectivity index (χ4n) is 3.98. The monoisotopic (exact) mass is 322 g/mol. The van der Waals surface area contributed by atoms with Crippen LogP contribution in [-0.4, -0.2) is 72.0 Å². The van der Waals surface area contributed by atoms with E-state index in [1.807, 2.05) is 0 Å². The normalized spacial score (nSPS) is 32.9. The predicted octanol–water partition coefficient (Wildman–Crippen LogP) is 0.723. The van der Waals surface area contributed by atoms with Crippen molar-refractivity contribution in [2.75, 3.05) is 32.7 Å². The van der Waals surface area contributed by atoms with Gasteiger partial charge in [0.25, 0.3) is 5.91 Å². The van der Waals surface area contributed by atoms with Crippen LogP contribution in [0, 0.1) is 0 Å². The largest absolute Gasteiger partial charge is 0.304 e. The summed E-state index contributed by atoms with van der Waals surface area (Å²) in [4.78, 5) is 23.4. The van der Waals surface area contributed by atoms with Crippen LogP contribution >= 0.6 is 0 Å². The number of nitrogens with zero attached hydrogens (tertiary/aromatic N) is 5. The summed E-state index contributed by atoms with van der Waals surface area (Å²) in [5.41, 5.74) is 0. The summed E-state index contributed by atoms with van der Waals surface area (Å²) >= 11 is 0. The highest BCUT2D eigenvalue weighted by Crippen LogP contribution is 2.25. The van der Waals surface area contributed by atoms with Gasteiger partial charge < -0.3 is 5.32 Å². The van der Waals surface area contributed by atoms with Crippen molar-refractivity contribution in [2.24, 2.45) is 10.3 Å². The van der Waals surface area contributed by atoms with Gasteiger partial charge in [-0.25, -0.2) is 4.84 Å². The lowest BCUT2D eigenvalue weighted by molar-refractivity contribution is -0.279. The van der Waals surface area contributed by atoms with Gasteiger partial charge in [-0.05, 0) is 50.3 Å². The first-order valence-electron chi connectivity index (χ1n) is 8.96. The molecule has 4 aliphatic rings. The van der Waals surface area contributed by atoms with E-state index in [9.17, 15) is 4.79 Å². The highest BCUT2D eigenvalue weighted by atomic mass is 16.7. The lowest BCUT2D eigenvalue weighted by atomic mass is 9.98. The lowest BCUT2D eigenvalue weighted by Crippen LogP contribution is -2.58. The van der Waals surface area contributed by atoms with Crippen LogP contribution in [0.5, 0.6) is 0 Å². The molecule has 4 aliphatic heterocycles. The molecule has 4 heterocycles. The highest BCUT2D eigenvalue weighted by molar-refractivity contribution is 5.82. The van der Waals surface area contributed by atoms with Gasteiger partial charge in [-0.3, -0.25) is 14.6 Å². The second-order valence-corrected chi connectivity index (χ2v) is 6.88. The average Bonchev–Trinajstić information content (AvgIpc) is 3.28. The summed E-state index contributed by atoms with van der Waals surface area (Å²) in [6.45, 7) is 4.93. The molecule has 8 heteroatoms. The Kier molecular flexibility index (Phi) is 4.57. The van der Waals surface area contributed by atoms with Crippen LogP contribution in [0.4, 0.5) is 0 Å². The molecule has 3 fully saturated rings. The van der Waals surface area contributed by atoms with Gasteiger partial charge in [-0.15, -0.1) is 0 Å². The number of carbonyl (C=O) groups is 1. The van der Waals surface area contributed by atoms with E-state index in [0.717, 1.165) is 50.7 Å². The van der Waals surface area contributed by atoms with E-state index in [1.54, 1.807) is 0 Å². The summed E-state index contributed by atoms with van der Waals surface area (Å²) in [6.07, 6.45) is 6.53. The molecule has 0 saturated carbocycles. The Hall–Kier alpha value is -1.09. The van der Waals surface area contributed by atoms with Crippen LogP contribution in [0.25, 0.3) is 0 Å². The minimum Gasteiger partial charge on any atom is -0.304 e. The Morgan fingerprint density at radius 1 is 1.04 bits per heavy atom. The number of hydrogen-bond donors (Lipinski definition) is 1. The molecule has 0 spiro atoms. The van der Waals surface area contributed by atoms with E-state index in [1.165, 1.54) is 25.7 Å². The molecule has 1 amide bonds. The van der Waals surface area contributed by atoms with Crippen molar-refractivity contribution in [2.45, 2.75) is 57.0 Å². The van der Waals surface area contributed by atoms with Crippen molar-refractivity contribution >= 4 is 5.91 Å². The molecule has 4 rings (SSSR count). The first-order valence-corrected chi connectivity index (χ1v) is 8.96. The van der Waals surface area contributed by atoms with Crippen LogP contribution in [0.1, 0.15) is 38.5 Å². The van der Waals surface area contributed by atoms with Gasteiger partial charge >= 0.3 is 0 Å². The maximum atomic E-state index is 12.7. The second-order valence-electron chi connectivity index (χ2n) is 6.88. The van der Waals surface area contributed by atoms with Gasteiger partial charge in [0.1, 0.15) is 6.04 Å². The third-order valence-electron chi connectivity index (χ3n) is 5.26. The molecular formula is C15H26N6O2. The summed E-state index contributed by atoms with van der Waals surface area (Å²) in [6, 6.07) is -0.313. The number of amides is 1. The molecule has 0 aromatic heterocycles. The first kappa shape index (κ1) is 15.4. The first-order chi connectivity index (χ1) is 11.3. The van der Waals surface area contributed by atoms with Crippen molar-refractivity contribution in [1.29, 1.82) is 0 Å². The fourth-order valence-corrected chi connectivity index (χ4v) is 3.98. The molecular weight excluding hydrogens is 296 g/mol. The number of rotatable bonds is 4. The van der Waals surface area contributed by atoms with Crippen LogP contribution in [-0.2, 0) is 9.63 Å². The van der Waals surface area contributed by atoms with Crippen LogP contribution < -0.4 is 5.32 Å². The minimum atomic E-state index is -0.279. The number of fused-ring (bicyclic) bond motifs is 1. The van der Waals surface area contributed by atoms with Gasteiger partial charge in [0.05, 0.1) is 6.04 Å². The van der Waals surface area contributed by atoms with E-state index in [4.69, 9.17) is 4.84 Å². The number of hydroxylamine groups is 1. The van der Waals surface area contributed by atoms with E-state index >= 15 is 0 Å². The average molecular weight is 322 g/mol. The molecule has 0 bridgehead atoms. The lowest BCUT2D eigenvalue weighted by Gasteiger charge is -2.38. The Labute approximate surface area is 136 Å². The van der Waals surface area contributed by atoms with Gasteiger partial charge in [0.15, 0.2) is 6.35 Å². The van der Waals surface area contributed by atoms with Gasteiger partial charge in [0.2, 0.25) is 0 Å². The van der Waals surface area contributed by atoms with E-state index in [0.29, 0.717) is 0 Å². The summed E-state index contributed by atoms with van der Waals surface area (Å²) < 4.78 is 0. The SMILES string of the molecule is O=C1C2NCCCC2N=NN1OC(N1CCCC1)N1CCCC1. The van der Waals surface area contributed by atoms with Crippen molar-refractivity contribution < 1.29 is 9.63 Å².